The summed E-state index contributed by atoms with van der Waals surface area (Å²) in [5.74, 6) is 2.61. The molecule has 0 amide bonds. The van der Waals surface area contributed by atoms with E-state index in [1.807, 2.05) is 0 Å². The lowest BCUT2D eigenvalue weighted by Crippen LogP contribution is -2.47. The van der Waals surface area contributed by atoms with Crippen LogP contribution in [0.1, 0.15) is 37.1 Å². The van der Waals surface area contributed by atoms with Gasteiger partial charge in [0.1, 0.15) is 0 Å². The lowest BCUT2D eigenvalue weighted by Gasteiger charge is -2.41. The van der Waals surface area contributed by atoms with Crippen molar-refractivity contribution in [1.29, 1.82) is 0 Å². The van der Waals surface area contributed by atoms with Crippen LogP contribution in [0, 0.1) is 18.8 Å². The Kier molecular flexibility index (Phi) is 3.42. The van der Waals surface area contributed by atoms with Gasteiger partial charge in [-0.25, -0.2) is 9.97 Å². The molecule has 2 fully saturated rings. The van der Waals surface area contributed by atoms with Crippen molar-refractivity contribution in [1.82, 2.24) is 15.3 Å². The van der Waals surface area contributed by atoms with Crippen LogP contribution in [0.15, 0.2) is 18.2 Å². The predicted molar refractivity (Wildman–Crippen MR) is 84.2 cm³/mol. The van der Waals surface area contributed by atoms with E-state index in [4.69, 9.17) is 4.98 Å². The van der Waals surface area contributed by atoms with Gasteiger partial charge in [-0.15, -0.1) is 0 Å². The number of fused-ring (bicyclic) bond motifs is 1. The third kappa shape index (κ3) is 2.57. The van der Waals surface area contributed by atoms with Crippen LogP contribution in [0.5, 0.6) is 0 Å². The second-order valence-electron chi connectivity index (χ2n) is 6.71. The van der Waals surface area contributed by atoms with Crippen molar-refractivity contribution in [2.75, 3.05) is 18.0 Å². The molecule has 1 aromatic rings. The Labute approximate surface area is 126 Å². The van der Waals surface area contributed by atoms with Gasteiger partial charge in [0, 0.05) is 31.4 Å². The molecule has 21 heavy (non-hydrogen) atoms. The molecule has 0 bridgehead atoms. The molecule has 3 aliphatic rings. The van der Waals surface area contributed by atoms with Crippen LogP contribution < -0.4 is 10.2 Å². The van der Waals surface area contributed by atoms with E-state index in [0.29, 0.717) is 6.04 Å². The fourth-order valence-corrected chi connectivity index (χ4v) is 3.95. The van der Waals surface area contributed by atoms with E-state index in [-0.39, 0.29) is 0 Å². The van der Waals surface area contributed by atoms with E-state index in [1.54, 1.807) is 0 Å². The SMILES string of the molecule is Cc1cc(CNC2C[C@@H]3C=CC[C@H]23)nc(N2CCCC2)n1. The Balaban J connectivity index is 1.40. The molecule has 1 aromatic heterocycles. The highest BCUT2D eigenvalue weighted by molar-refractivity contribution is 5.33. The Morgan fingerprint density at radius 1 is 1.29 bits per heavy atom. The van der Waals surface area contributed by atoms with Gasteiger partial charge in [-0.1, -0.05) is 12.2 Å². The molecular weight excluding hydrogens is 260 g/mol. The summed E-state index contributed by atoms with van der Waals surface area (Å²) in [6.45, 7) is 5.16. The number of aryl methyl sites for hydroxylation is 1. The molecule has 3 atom stereocenters. The average Bonchev–Trinajstić information content (AvgIpc) is 3.09. The molecule has 1 unspecified atom stereocenters. The Bertz CT molecular complexity index is 548. The van der Waals surface area contributed by atoms with Crippen LogP contribution in [-0.2, 0) is 6.54 Å². The van der Waals surface area contributed by atoms with Crippen molar-refractivity contribution in [3.05, 3.63) is 29.6 Å². The Hall–Kier alpha value is -1.42. The molecule has 0 spiro atoms. The zero-order valence-corrected chi connectivity index (χ0v) is 12.8. The molecule has 4 heteroatoms. The normalized spacial score (nSPS) is 30.5. The maximum atomic E-state index is 4.77. The summed E-state index contributed by atoms with van der Waals surface area (Å²) in [5.41, 5.74) is 2.22. The van der Waals surface area contributed by atoms with Gasteiger partial charge in [-0.2, -0.15) is 0 Å². The standard InChI is InChI=1S/C17H24N4/c1-12-9-14(20-17(19-12)21-7-2-3-8-21)11-18-16-10-13-5-4-6-15(13)16/h4-5,9,13,15-16,18H,2-3,6-8,10-11H2,1H3/t13-,15-,16?/m0/s1. The highest BCUT2D eigenvalue weighted by Gasteiger charge is 2.40. The summed E-state index contributed by atoms with van der Waals surface area (Å²) in [6, 6.07) is 2.80. The minimum atomic E-state index is 0.676. The first kappa shape index (κ1) is 13.3. The number of nitrogens with one attached hydrogen (secondary N) is 1. The maximum absolute atomic E-state index is 4.77. The summed E-state index contributed by atoms with van der Waals surface area (Å²) < 4.78 is 0. The minimum absolute atomic E-state index is 0.676. The second kappa shape index (κ2) is 5.41. The number of aromatic nitrogens is 2. The van der Waals surface area contributed by atoms with Gasteiger partial charge in [0.2, 0.25) is 5.95 Å². The van der Waals surface area contributed by atoms with E-state index >= 15 is 0 Å². The smallest absolute Gasteiger partial charge is 0.225 e. The predicted octanol–water partition coefficient (Wildman–Crippen LogP) is 2.44. The molecule has 0 radical (unpaired) electrons. The highest BCUT2D eigenvalue weighted by atomic mass is 15.3. The Morgan fingerprint density at radius 2 is 2.14 bits per heavy atom. The molecule has 1 saturated heterocycles. The number of hydrogen-bond donors (Lipinski definition) is 1. The maximum Gasteiger partial charge on any atom is 0.225 e. The van der Waals surface area contributed by atoms with Crippen LogP contribution in [0.4, 0.5) is 5.95 Å². The first-order valence-electron chi connectivity index (χ1n) is 8.29. The zero-order valence-electron chi connectivity index (χ0n) is 12.8. The lowest BCUT2D eigenvalue weighted by molar-refractivity contribution is 0.158. The third-order valence-electron chi connectivity index (χ3n) is 5.21. The molecular formula is C17H24N4. The van der Waals surface area contributed by atoms with Gasteiger partial charge in [-0.3, -0.25) is 0 Å². The van der Waals surface area contributed by atoms with E-state index < -0.39 is 0 Å². The second-order valence-corrected chi connectivity index (χ2v) is 6.71. The summed E-state index contributed by atoms with van der Waals surface area (Å²) in [5, 5.41) is 3.70. The molecule has 2 heterocycles. The van der Waals surface area contributed by atoms with Crippen molar-refractivity contribution in [2.45, 2.75) is 45.2 Å². The zero-order chi connectivity index (χ0) is 14.2. The molecule has 1 saturated carbocycles. The first-order valence-corrected chi connectivity index (χ1v) is 8.29. The van der Waals surface area contributed by atoms with Crippen molar-refractivity contribution < 1.29 is 0 Å². The fourth-order valence-electron chi connectivity index (χ4n) is 3.95. The molecule has 4 rings (SSSR count). The topological polar surface area (TPSA) is 41.1 Å². The van der Waals surface area contributed by atoms with E-state index in [2.05, 4.69) is 40.3 Å². The van der Waals surface area contributed by atoms with Gasteiger partial charge < -0.3 is 10.2 Å². The quantitative estimate of drug-likeness (QED) is 0.862. The van der Waals surface area contributed by atoms with E-state index in [1.165, 1.54) is 25.7 Å². The molecule has 1 aliphatic heterocycles. The van der Waals surface area contributed by atoms with Gasteiger partial charge >= 0.3 is 0 Å². The number of allylic oxidation sites excluding steroid dienone is 2. The van der Waals surface area contributed by atoms with Gasteiger partial charge in [0.15, 0.2) is 0 Å². The van der Waals surface area contributed by atoms with Crippen LogP contribution >= 0.6 is 0 Å². The van der Waals surface area contributed by atoms with Crippen molar-refractivity contribution >= 4 is 5.95 Å². The van der Waals surface area contributed by atoms with Gasteiger partial charge in [0.05, 0.1) is 5.69 Å². The molecule has 2 aliphatic carbocycles. The third-order valence-corrected chi connectivity index (χ3v) is 5.21. The number of anilines is 1. The summed E-state index contributed by atoms with van der Waals surface area (Å²) in [7, 11) is 0. The van der Waals surface area contributed by atoms with E-state index in [9.17, 15) is 0 Å². The van der Waals surface area contributed by atoms with Crippen LogP contribution in [0.3, 0.4) is 0 Å². The largest absolute Gasteiger partial charge is 0.341 e. The van der Waals surface area contributed by atoms with Crippen molar-refractivity contribution in [3.8, 4) is 0 Å². The Morgan fingerprint density at radius 3 is 2.95 bits per heavy atom. The first-order chi connectivity index (χ1) is 10.3. The monoisotopic (exact) mass is 284 g/mol. The molecule has 0 aromatic carbocycles. The number of hydrogen-bond acceptors (Lipinski definition) is 4. The van der Waals surface area contributed by atoms with Crippen LogP contribution in [0.2, 0.25) is 0 Å². The van der Waals surface area contributed by atoms with Crippen molar-refractivity contribution in [3.63, 3.8) is 0 Å². The lowest BCUT2D eigenvalue weighted by atomic mass is 9.71. The molecule has 1 N–H and O–H groups in total. The summed E-state index contributed by atoms with van der Waals surface area (Å²) >= 11 is 0. The van der Waals surface area contributed by atoms with Crippen LogP contribution in [0.25, 0.3) is 0 Å². The molecule has 112 valence electrons. The van der Waals surface area contributed by atoms with Gasteiger partial charge in [0.25, 0.3) is 0 Å². The summed E-state index contributed by atoms with van der Waals surface area (Å²) in [6.07, 6.45) is 9.82. The number of rotatable bonds is 4. The van der Waals surface area contributed by atoms with E-state index in [0.717, 1.165) is 48.8 Å². The van der Waals surface area contributed by atoms with Gasteiger partial charge in [-0.05, 0) is 50.5 Å². The minimum Gasteiger partial charge on any atom is -0.341 e. The average molecular weight is 284 g/mol. The van der Waals surface area contributed by atoms with Crippen molar-refractivity contribution in [2.24, 2.45) is 11.8 Å². The molecule has 4 nitrogen and oxygen atoms in total. The van der Waals surface area contributed by atoms with Crippen LogP contribution in [-0.4, -0.2) is 29.1 Å². The number of nitrogens with zero attached hydrogens (tertiary/aromatic N) is 3. The highest BCUT2D eigenvalue weighted by Crippen LogP contribution is 2.42. The fraction of sp³-hybridized carbons (Fsp3) is 0.647. The summed E-state index contributed by atoms with van der Waals surface area (Å²) in [4.78, 5) is 11.7.